The van der Waals surface area contributed by atoms with Gasteiger partial charge in [-0.05, 0) is 25.2 Å². The normalized spacial score (nSPS) is 17.1. The molecule has 1 unspecified atom stereocenters. The van der Waals surface area contributed by atoms with Crippen LogP contribution < -0.4 is 0 Å². The van der Waals surface area contributed by atoms with Gasteiger partial charge in [-0.3, -0.25) is 14.8 Å². The van der Waals surface area contributed by atoms with Crippen LogP contribution in [0, 0.1) is 16.0 Å². The van der Waals surface area contributed by atoms with Crippen LogP contribution in [0.1, 0.15) is 31.2 Å². The van der Waals surface area contributed by atoms with Crippen LogP contribution in [-0.4, -0.2) is 25.9 Å². The standard InChI is InChI=1S/C11H17N3O3/c1-3-8-11(14(16)17)9(13(2)12-8)6-10(15)7-4-5-7/h7,10,15H,3-6H2,1-2H3. The van der Waals surface area contributed by atoms with E-state index in [2.05, 4.69) is 5.10 Å². The van der Waals surface area contributed by atoms with Crippen LogP contribution >= 0.6 is 0 Å². The Labute approximate surface area is 99.4 Å². The second-order valence-corrected chi connectivity index (χ2v) is 4.59. The van der Waals surface area contributed by atoms with Crippen LogP contribution in [0.3, 0.4) is 0 Å². The zero-order valence-electron chi connectivity index (χ0n) is 10.1. The first-order valence-corrected chi connectivity index (χ1v) is 5.91. The molecule has 0 aromatic carbocycles. The molecule has 1 aromatic rings. The number of aromatic nitrogens is 2. The van der Waals surface area contributed by atoms with Gasteiger partial charge in [-0.2, -0.15) is 5.10 Å². The van der Waals surface area contributed by atoms with Crippen molar-refractivity contribution >= 4 is 5.69 Å². The Morgan fingerprint density at radius 2 is 2.29 bits per heavy atom. The largest absolute Gasteiger partial charge is 0.392 e. The lowest BCUT2D eigenvalue weighted by molar-refractivity contribution is -0.386. The van der Waals surface area contributed by atoms with Crippen molar-refractivity contribution < 1.29 is 10.0 Å². The van der Waals surface area contributed by atoms with Crippen molar-refractivity contribution in [3.05, 3.63) is 21.5 Å². The van der Waals surface area contributed by atoms with Gasteiger partial charge in [0.2, 0.25) is 0 Å². The van der Waals surface area contributed by atoms with Gasteiger partial charge in [-0.1, -0.05) is 6.92 Å². The number of aliphatic hydroxyl groups is 1. The van der Waals surface area contributed by atoms with Crippen molar-refractivity contribution in [2.45, 2.75) is 38.7 Å². The van der Waals surface area contributed by atoms with Crippen molar-refractivity contribution in [3.63, 3.8) is 0 Å². The molecule has 0 radical (unpaired) electrons. The number of hydrogen-bond donors (Lipinski definition) is 1. The van der Waals surface area contributed by atoms with E-state index in [1.165, 1.54) is 4.68 Å². The van der Waals surface area contributed by atoms with Gasteiger partial charge in [0.1, 0.15) is 11.4 Å². The monoisotopic (exact) mass is 239 g/mol. The quantitative estimate of drug-likeness (QED) is 0.618. The molecular formula is C11H17N3O3. The lowest BCUT2D eigenvalue weighted by atomic mass is 10.1. The van der Waals surface area contributed by atoms with Gasteiger partial charge in [0.05, 0.1) is 11.0 Å². The minimum absolute atomic E-state index is 0.0784. The summed E-state index contributed by atoms with van der Waals surface area (Å²) in [5.41, 5.74) is 1.11. The van der Waals surface area contributed by atoms with E-state index >= 15 is 0 Å². The molecule has 1 N–H and O–H groups in total. The highest BCUT2D eigenvalue weighted by Crippen LogP contribution is 2.35. The molecule has 6 nitrogen and oxygen atoms in total. The van der Waals surface area contributed by atoms with Gasteiger partial charge in [0.15, 0.2) is 0 Å². The average Bonchev–Trinajstić information content (AvgIpc) is 3.05. The molecule has 1 aromatic heterocycles. The lowest BCUT2D eigenvalue weighted by Gasteiger charge is -2.08. The van der Waals surface area contributed by atoms with Crippen molar-refractivity contribution in [1.82, 2.24) is 9.78 Å². The van der Waals surface area contributed by atoms with E-state index in [0.29, 0.717) is 30.1 Å². The molecule has 0 amide bonds. The molecule has 0 saturated heterocycles. The van der Waals surface area contributed by atoms with Crippen LogP contribution in [-0.2, 0) is 19.9 Å². The second kappa shape index (κ2) is 4.44. The van der Waals surface area contributed by atoms with Gasteiger partial charge in [-0.25, -0.2) is 0 Å². The molecule has 0 spiro atoms. The Morgan fingerprint density at radius 3 is 2.76 bits per heavy atom. The van der Waals surface area contributed by atoms with Crippen molar-refractivity contribution in [1.29, 1.82) is 0 Å². The molecule has 1 fully saturated rings. The molecule has 1 heterocycles. The highest BCUT2D eigenvalue weighted by Gasteiger charge is 2.34. The summed E-state index contributed by atoms with van der Waals surface area (Å²) in [4.78, 5) is 10.7. The summed E-state index contributed by atoms with van der Waals surface area (Å²) < 4.78 is 1.53. The fourth-order valence-corrected chi connectivity index (χ4v) is 2.13. The van der Waals surface area contributed by atoms with E-state index in [1.54, 1.807) is 7.05 Å². The van der Waals surface area contributed by atoms with Gasteiger partial charge in [0, 0.05) is 13.5 Å². The Morgan fingerprint density at radius 1 is 1.65 bits per heavy atom. The Kier molecular flexibility index (Phi) is 3.15. The minimum Gasteiger partial charge on any atom is -0.392 e. The predicted molar refractivity (Wildman–Crippen MR) is 61.7 cm³/mol. The first kappa shape index (κ1) is 12.0. The maximum atomic E-state index is 11.1. The molecule has 0 bridgehead atoms. The third kappa shape index (κ3) is 2.31. The summed E-state index contributed by atoms with van der Waals surface area (Å²) in [6, 6.07) is 0. The predicted octanol–water partition coefficient (Wildman–Crippen LogP) is 1.20. The fraction of sp³-hybridized carbons (Fsp3) is 0.727. The molecule has 1 saturated carbocycles. The Balaban J connectivity index is 2.30. The van der Waals surface area contributed by atoms with E-state index in [1.807, 2.05) is 6.92 Å². The minimum atomic E-state index is -0.478. The molecule has 1 aliphatic carbocycles. The highest BCUT2D eigenvalue weighted by molar-refractivity contribution is 5.41. The smallest absolute Gasteiger partial charge is 0.313 e. The maximum absolute atomic E-state index is 11.1. The van der Waals surface area contributed by atoms with Crippen molar-refractivity contribution in [2.24, 2.45) is 13.0 Å². The van der Waals surface area contributed by atoms with E-state index in [4.69, 9.17) is 0 Å². The van der Waals surface area contributed by atoms with E-state index < -0.39 is 6.10 Å². The number of aliphatic hydroxyl groups excluding tert-OH is 1. The van der Waals surface area contributed by atoms with E-state index in [0.717, 1.165) is 12.8 Å². The SMILES string of the molecule is CCc1nn(C)c(CC(O)C2CC2)c1[N+](=O)[O-]. The number of hydrogen-bond acceptors (Lipinski definition) is 4. The molecule has 1 aliphatic rings. The second-order valence-electron chi connectivity index (χ2n) is 4.59. The van der Waals surface area contributed by atoms with Crippen molar-refractivity contribution in [2.75, 3.05) is 0 Å². The zero-order valence-corrected chi connectivity index (χ0v) is 10.1. The lowest BCUT2D eigenvalue weighted by Crippen LogP contribution is -2.16. The summed E-state index contributed by atoms with van der Waals surface area (Å²) in [5, 5.41) is 25.1. The summed E-state index contributed by atoms with van der Waals surface area (Å²) >= 11 is 0. The Hall–Kier alpha value is -1.43. The zero-order chi connectivity index (χ0) is 12.6. The topological polar surface area (TPSA) is 81.2 Å². The Bertz CT molecular complexity index is 437. The van der Waals surface area contributed by atoms with Gasteiger partial charge in [0.25, 0.3) is 0 Å². The summed E-state index contributed by atoms with van der Waals surface area (Å²) in [6.45, 7) is 1.84. The number of nitro groups is 1. The van der Waals surface area contributed by atoms with Gasteiger partial charge >= 0.3 is 5.69 Å². The van der Waals surface area contributed by atoms with Crippen LogP contribution in [0.25, 0.3) is 0 Å². The van der Waals surface area contributed by atoms with Crippen LogP contribution in [0.2, 0.25) is 0 Å². The summed E-state index contributed by atoms with van der Waals surface area (Å²) in [7, 11) is 1.70. The maximum Gasteiger partial charge on any atom is 0.313 e. The van der Waals surface area contributed by atoms with Crippen LogP contribution in [0.4, 0.5) is 5.69 Å². The summed E-state index contributed by atoms with van der Waals surface area (Å²) in [6.07, 6.45) is 2.42. The first-order valence-electron chi connectivity index (χ1n) is 5.91. The third-order valence-electron chi connectivity index (χ3n) is 3.29. The summed E-state index contributed by atoms with van der Waals surface area (Å²) in [5.74, 6) is 0.314. The van der Waals surface area contributed by atoms with Gasteiger partial charge in [-0.15, -0.1) is 0 Å². The molecule has 6 heteroatoms. The van der Waals surface area contributed by atoms with Crippen LogP contribution in [0.5, 0.6) is 0 Å². The molecule has 1 atom stereocenters. The van der Waals surface area contributed by atoms with E-state index in [9.17, 15) is 15.2 Å². The molecule has 94 valence electrons. The fourth-order valence-electron chi connectivity index (χ4n) is 2.13. The number of aryl methyl sites for hydroxylation is 2. The average molecular weight is 239 g/mol. The highest BCUT2D eigenvalue weighted by atomic mass is 16.6. The molecule has 2 rings (SSSR count). The first-order chi connectivity index (χ1) is 8.04. The van der Waals surface area contributed by atoms with Crippen LogP contribution in [0.15, 0.2) is 0 Å². The number of nitrogens with zero attached hydrogens (tertiary/aromatic N) is 3. The number of rotatable bonds is 5. The molecule has 17 heavy (non-hydrogen) atoms. The van der Waals surface area contributed by atoms with Gasteiger partial charge < -0.3 is 5.11 Å². The molecular weight excluding hydrogens is 222 g/mol. The van der Waals surface area contributed by atoms with Crippen molar-refractivity contribution in [3.8, 4) is 0 Å². The molecule has 0 aliphatic heterocycles. The van der Waals surface area contributed by atoms with E-state index in [-0.39, 0.29) is 10.6 Å². The third-order valence-corrected chi connectivity index (χ3v) is 3.29.